The van der Waals surface area contributed by atoms with Gasteiger partial charge in [-0.15, -0.1) is 0 Å². The highest BCUT2D eigenvalue weighted by atomic mass is 35.5. The first kappa shape index (κ1) is 21.0. The molecule has 0 aliphatic carbocycles. The molecule has 1 atom stereocenters. The minimum atomic E-state index is -1.36. The Morgan fingerprint density at radius 1 is 1.41 bits per heavy atom. The van der Waals surface area contributed by atoms with Gasteiger partial charge in [0, 0.05) is 6.20 Å². The molecular weight excluding hydrogens is 382 g/mol. The van der Waals surface area contributed by atoms with Crippen LogP contribution >= 0.6 is 11.6 Å². The van der Waals surface area contributed by atoms with Crippen LogP contribution in [0.2, 0.25) is 5.02 Å². The second kappa shape index (κ2) is 9.09. The number of carbonyl (C=O) groups excluding carboxylic acids is 1. The largest absolute Gasteiger partial charge is 0.394 e. The molecule has 0 saturated carbocycles. The summed E-state index contributed by atoms with van der Waals surface area (Å²) in [5.74, 6) is -3.39. The first-order chi connectivity index (χ1) is 12.7. The number of halogens is 3. The average molecular weight is 400 g/mol. The number of nitrogens with one attached hydrogen (secondary N) is 2. The number of amides is 1. The molecule has 1 aromatic heterocycles. The van der Waals surface area contributed by atoms with Crippen molar-refractivity contribution in [1.29, 1.82) is 0 Å². The van der Waals surface area contributed by atoms with Crippen LogP contribution in [0, 0.1) is 18.6 Å². The number of aromatic nitrogens is 1. The number of aliphatic hydroxyl groups excluding tert-OH is 2. The van der Waals surface area contributed by atoms with Crippen LogP contribution in [0.25, 0.3) is 0 Å². The predicted octanol–water partition coefficient (Wildman–Crippen LogP) is 0.338. The fourth-order valence-electron chi connectivity index (χ4n) is 2.17. The van der Waals surface area contributed by atoms with E-state index in [0.717, 1.165) is 11.5 Å². The standard InChI is InChI=1S/C16H17BClF2N3O4/c1-7-2-8(17)4-21-15(7)22-14-10(3-11(18)12(19)13(14)20)16(26)23-27-6-9(25)5-24/h2-4,9,24-25H,5-6,17H2,1H3,(H,21,22)(H,23,26). The fraction of sp³-hybridized carbons (Fsp3) is 0.250. The van der Waals surface area contributed by atoms with Crippen LogP contribution in [-0.4, -0.2) is 48.3 Å². The van der Waals surface area contributed by atoms with Crippen LogP contribution in [0.1, 0.15) is 15.9 Å². The van der Waals surface area contributed by atoms with Crippen molar-refractivity contribution in [1.82, 2.24) is 10.5 Å². The summed E-state index contributed by atoms with van der Waals surface area (Å²) in [6.45, 7) is 0.741. The summed E-state index contributed by atoms with van der Waals surface area (Å²) >= 11 is 5.64. The van der Waals surface area contributed by atoms with E-state index >= 15 is 0 Å². The van der Waals surface area contributed by atoms with Crippen LogP contribution < -0.4 is 16.3 Å². The van der Waals surface area contributed by atoms with Crippen molar-refractivity contribution in [2.24, 2.45) is 0 Å². The molecule has 0 aliphatic heterocycles. The molecule has 0 spiro atoms. The average Bonchev–Trinajstić information content (AvgIpc) is 2.63. The zero-order chi connectivity index (χ0) is 20.1. The summed E-state index contributed by atoms with van der Waals surface area (Å²) in [5.41, 5.74) is 2.68. The Labute approximate surface area is 159 Å². The van der Waals surface area contributed by atoms with E-state index in [0.29, 0.717) is 5.56 Å². The van der Waals surface area contributed by atoms with E-state index in [1.807, 2.05) is 13.3 Å². The third-order valence-electron chi connectivity index (χ3n) is 3.52. The maximum atomic E-state index is 14.4. The summed E-state index contributed by atoms with van der Waals surface area (Å²) in [6, 6.07) is 2.71. The molecule has 0 bridgehead atoms. The van der Waals surface area contributed by atoms with Crippen molar-refractivity contribution >= 4 is 42.3 Å². The Morgan fingerprint density at radius 2 is 2.11 bits per heavy atom. The molecule has 1 amide bonds. The van der Waals surface area contributed by atoms with E-state index < -0.39 is 47.6 Å². The van der Waals surface area contributed by atoms with E-state index in [1.54, 1.807) is 13.0 Å². The van der Waals surface area contributed by atoms with Gasteiger partial charge >= 0.3 is 0 Å². The van der Waals surface area contributed by atoms with E-state index in [9.17, 15) is 18.7 Å². The molecule has 1 unspecified atom stereocenters. The van der Waals surface area contributed by atoms with Crippen LogP contribution in [-0.2, 0) is 4.84 Å². The number of carbonyl (C=O) groups is 1. The summed E-state index contributed by atoms with van der Waals surface area (Å²) in [7, 11) is 1.82. The summed E-state index contributed by atoms with van der Waals surface area (Å²) in [5, 5.41) is 19.9. The monoisotopic (exact) mass is 399 g/mol. The highest BCUT2D eigenvalue weighted by molar-refractivity contribution is 6.32. The van der Waals surface area contributed by atoms with E-state index in [1.165, 1.54) is 6.20 Å². The zero-order valence-corrected chi connectivity index (χ0v) is 15.3. The van der Waals surface area contributed by atoms with Crippen LogP contribution in [0.15, 0.2) is 18.3 Å². The van der Waals surface area contributed by atoms with Gasteiger partial charge in [-0.3, -0.25) is 9.63 Å². The number of aliphatic hydroxyl groups is 2. The number of rotatable bonds is 7. The highest BCUT2D eigenvalue weighted by Crippen LogP contribution is 2.31. The molecule has 0 radical (unpaired) electrons. The van der Waals surface area contributed by atoms with E-state index in [4.69, 9.17) is 21.5 Å². The Kier molecular flexibility index (Phi) is 7.08. The van der Waals surface area contributed by atoms with Gasteiger partial charge in [-0.2, -0.15) is 0 Å². The highest BCUT2D eigenvalue weighted by Gasteiger charge is 2.23. The minimum absolute atomic E-state index is 0.229. The third kappa shape index (κ3) is 5.13. The van der Waals surface area contributed by atoms with Crippen molar-refractivity contribution in [3.05, 3.63) is 46.1 Å². The van der Waals surface area contributed by atoms with Crippen LogP contribution in [0.3, 0.4) is 0 Å². The topological polar surface area (TPSA) is 104 Å². The van der Waals surface area contributed by atoms with Crippen LogP contribution in [0.4, 0.5) is 20.3 Å². The normalized spacial score (nSPS) is 11.9. The molecular formula is C16H17BClF2N3O4. The lowest BCUT2D eigenvalue weighted by Crippen LogP contribution is -2.30. The number of pyridine rings is 1. The number of nitrogens with zero attached hydrogens (tertiary/aromatic N) is 1. The van der Waals surface area contributed by atoms with Gasteiger partial charge in [0.15, 0.2) is 11.6 Å². The number of hydrogen-bond donors (Lipinski definition) is 4. The Bertz CT molecular complexity index is 857. The van der Waals surface area contributed by atoms with Gasteiger partial charge in [0.05, 0.1) is 22.9 Å². The second-order valence-corrected chi connectivity index (χ2v) is 6.20. The van der Waals surface area contributed by atoms with Crippen molar-refractivity contribution in [3.63, 3.8) is 0 Å². The first-order valence-corrected chi connectivity index (χ1v) is 8.21. The third-order valence-corrected chi connectivity index (χ3v) is 3.79. The SMILES string of the molecule is Bc1cnc(Nc2c(C(=O)NOCC(O)CO)cc(Cl)c(F)c2F)c(C)c1. The van der Waals surface area contributed by atoms with Crippen molar-refractivity contribution in [3.8, 4) is 0 Å². The molecule has 4 N–H and O–H groups in total. The molecule has 0 fully saturated rings. The summed E-state index contributed by atoms with van der Waals surface area (Å²) < 4.78 is 28.4. The molecule has 11 heteroatoms. The van der Waals surface area contributed by atoms with Crippen molar-refractivity contribution in [2.45, 2.75) is 13.0 Å². The Balaban J connectivity index is 2.34. The van der Waals surface area contributed by atoms with Gasteiger partial charge < -0.3 is 15.5 Å². The van der Waals surface area contributed by atoms with Crippen molar-refractivity contribution < 1.29 is 28.6 Å². The maximum absolute atomic E-state index is 14.4. The minimum Gasteiger partial charge on any atom is -0.394 e. The molecule has 1 aromatic carbocycles. The molecule has 27 heavy (non-hydrogen) atoms. The quantitative estimate of drug-likeness (QED) is 0.304. The van der Waals surface area contributed by atoms with E-state index in [-0.39, 0.29) is 11.4 Å². The lowest BCUT2D eigenvalue weighted by molar-refractivity contribution is -0.0295. The molecule has 2 rings (SSSR count). The number of hydroxylamine groups is 1. The Morgan fingerprint density at radius 3 is 2.74 bits per heavy atom. The number of aryl methyl sites for hydroxylation is 1. The smallest absolute Gasteiger partial charge is 0.277 e. The molecule has 1 heterocycles. The van der Waals surface area contributed by atoms with Gasteiger partial charge in [0.2, 0.25) is 0 Å². The number of benzene rings is 1. The van der Waals surface area contributed by atoms with Gasteiger partial charge in [0.1, 0.15) is 26.4 Å². The van der Waals surface area contributed by atoms with Crippen LogP contribution in [0.5, 0.6) is 0 Å². The maximum Gasteiger partial charge on any atom is 0.277 e. The summed E-state index contributed by atoms with van der Waals surface area (Å²) in [4.78, 5) is 21.1. The molecule has 2 aromatic rings. The predicted molar refractivity (Wildman–Crippen MR) is 98.3 cm³/mol. The Hall–Kier alpha value is -2.27. The molecule has 144 valence electrons. The lowest BCUT2D eigenvalue weighted by atomic mass is 9.97. The first-order valence-electron chi connectivity index (χ1n) is 7.83. The molecule has 7 nitrogen and oxygen atoms in total. The molecule has 0 saturated heterocycles. The fourth-order valence-corrected chi connectivity index (χ4v) is 2.36. The van der Waals surface area contributed by atoms with Gasteiger partial charge in [-0.1, -0.05) is 23.1 Å². The van der Waals surface area contributed by atoms with Gasteiger partial charge in [-0.05, 0) is 18.6 Å². The lowest BCUT2D eigenvalue weighted by Gasteiger charge is -2.16. The summed E-state index contributed by atoms with van der Waals surface area (Å²) in [6.07, 6.45) is 0.314. The zero-order valence-electron chi connectivity index (χ0n) is 14.5. The van der Waals surface area contributed by atoms with Crippen molar-refractivity contribution in [2.75, 3.05) is 18.5 Å². The number of hydrogen-bond acceptors (Lipinski definition) is 6. The molecule has 0 aliphatic rings. The second-order valence-electron chi connectivity index (χ2n) is 5.79. The van der Waals surface area contributed by atoms with Gasteiger partial charge in [-0.25, -0.2) is 19.2 Å². The number of anilines is 2. The van der Waals surface area contributed by atoms with Gasteiger partial charge in [0.25, 0.3) is 5.91 Å². The van der Waals surface area contributed by atoms with E-state index in [2.05, 4.69) is 10.3 Å².